The van der Waals surface area contributed by atoms with Crippen LogP contribution in [-0.2, 0) is 6.61 Å². The topological polar surface area (TPSA) is 36.4 Å². The van der Waals surface area contributed by atoms with Crippen LogP contribution in [0.5, 0.6) is 0 Å². The number of rotatable bonds is 6. The van der Waals surface area contributed by atoms with Crippen LogP contribution in [0, 0.1) is 11.8 Å². The molecule has 0 spiro atoms. The van der Waals surface area contributed by atoms with Gasteiger partial charge in [0.25, 0.3) is 0 Å². The molecule has 1 N–H and O–H groups in total. The predicted octanol–water partition coefficient (Wildman–Crippen LogP) is 2.20. The van der Waals surface area contributed by atoms with Crippen molar-refractivity contribution in [2.24, 2.45) is 11.8 Å². The summed E-state index contributed by atoms with van der Waals surface area (Å²) in [5.41, 5.74) is 0.777. The Hall–Kier alpha value is -1.09. The van der Waals surface area contributed by atoms with Gasteiger partial charge in [-0.25, -0.2) is 4.98 Å². The number of hydrogen-bond donors (Lipinski definition) is 1. The first-order chi connectivity index (χ1) is 8.35. The first-order valence-electron chi connectivity index (χ1n) is 6.67. The number of anilines is 1. The Morgan fingerprint density at radius 2 is 1.76 bits per heavy atom. The van der Waals surface area contributed by atoms with E-state index in [0.717, 1.165) is 36.4 Å². The molecular weight excluding hydrogens is 212 g/mol. The number of aliphatic hydroxyl groups excluding tert-OH is 1. The Kier molecular flexibility index (Phi) is 3.02. The van der Waals surface area contributed by atoms with Gasteiger partial charge in [0.1, 0.15) is 5.82 Å². The van der Waals surface area contributed by atoms with Crippen LogP contribution in [0.15, 0.2) is 18.2 Å². The van der Waals surface area contributed by atoms with Crippen molar-refractivity contribution in [1.82, 2.24) is 4.98 Å². The summed E-state index contributed by atoms with van der Waals surface area (Å²) in [6.45, 7) is 2.34. The molecule has 1 aromatic heterocycles. The van der Waals surface area contributed by atoms with Crippen LogP contribution in [0.3, 0.4) is 0 Å². The number of nitrogens with zero attached hydrogens (tertiary/aromatic N) is 2. The molecule has 92 valence electrons. The second kappa shape index (κ2) is 4.65. The van der Waals surface area contributed by atoms with Gasteiger partial charge in [-0.1, -0.05) is 6.07 Å². The van der Waals surface area contributed by atoms with Gasteiger partial charge in [-0.05, 0) is 49.7 Å². The van der Waals surface area contributed by atoms with Crippen molar-refractivity contribution >= 4 is 5.82 Å². The van der Waals surface area contributed by atoms with E-state index in [0.29, 0.717) is 0 Å². The molecule has 3 rings (SSSR count). The summed E-state index contributed by atoms with van der Waals surface area (Å²) in [5, 5.41) is 9.15. The highest BCUT2D eigenvalue weighted by Crippen LogP contribution is 2.35. The van der Waals surface area contributed by atoms with Gasteiger partial charge in [0.05, 0.1) is 12.3 Å². The summed E-state index contributed by atoms with van der Waals surface area (Å²) in [4.78, 5) is 6.95. The minimum atomic E-state index is 0.0362. The Labute approximate surface area is 102 Å². The zero-order chi connectivity index (χ0) is 11.7. The standard InChI is InChI=1S/C14H20N2O/c17-10-13-2-1-3-14(15-13)16(8-11-4-5-11)9-12-6-7-12/h1-3,11-12,17H,4-10H2. The summed E-state index contributed by atoms with van der Waals surface area (Å²) in [7, 11) is 0. The van der Waals surface area contributed by atoms with Gasteiger partial charge in [0, 0.05) is 13.1 Å². The molecule has 2 fully saturated rings. The lowest BCUT2D eigenvalue weighted by atomic mass is 10.3. The molecule has 0 atom stereocenters. The van der Waals surface area contributed by atoms with Gasteiger partial charge in [0.2, 0.25) is 0 Å². The molecule has 2 aliphatic rings. The van der Waals surface area contributed by atoms with E-state index in [9.17, 15) is 0 Å². The van der Waals surface area contributed by atoms with Crippen LogP contribution in [-0.4, -0.2) is 23.2 Å². The number of aromatic nitrogens is 1. The molecule has 2 aliphatic carbocycles. The van der Waals surface area contributed by atoms with Crippen molar-refractivity contribution in [3.05, 3.63) is 23.9 Å². The molecule has 0 unspecified atom stereocenters. The van der Waals surface area contributed by atoms with Gasteiger partial charge in [-0.3, -0.25) is 0 Å². The second-order valence-corrected chi connectivity index (χ2v) is 5.44. The molecule has 3 heteroatoms. The molecule has 0 saturated heterocycles. The summed E-state index contributed by atoms with van der Waals surface area (Å²) in [5.74, 6) is 2.82. The zero-order valence-electron chi connectivity index (χ0n) is 10.2. The molecule has 17 heavy (non-hydrogen) atoms. The first kappa shape index (κ1) is 11.0. The maximum absolute atomic E-state index is 9.15. The van der Waals surface area contributed by atoms with Gasteiger partial charge < -0.3 is 10.0 Å². The minimum absolute atomic E-state index is 0.0362. The summed E-state index contributed by atoms with van der Waals surface area (Å²) >= 11 is 0. The monoisotopic (exact) mass is 232 g/mol. The fourth-order valence-corrected chi connectivity index (χ4v) is 2.22. The number of aliphatic hydroxyl groups is 1. The van der Waals surface area contributed by atoms with Gasteiger partial charge in [-0.15, -0.1) is 0 Å². The molecule has 1 heterocycles. The van der Waals surface area contributed by atoms with E-state index in [1.54, 1.807) is 0 Å². The summed E-state index contributed by atoms with van der Waals surface area (Å²) < 4.78 is 0. The Morgan fingerprint density at radius 1 is 1.12 bits per heavy atom. The van der Waals surface area contributed by atoms with E-state index in [1.165, 1.54) is 25.7 Å². The lowest BCUT2D eigenvalue weighted by Crippen LogP contribution is -2.29. The van der Waals surface area contributed by atoms with Crippen LogP contribution >= 0.6 is 0 Å². The second-order valence-electron chi connectivity index (χ2n) is 5.44. The highest BCUT2D eigenvalue weighted by molar-refractivity contribution is 5.40. The van der Waals surface area contributed by atoms with E-state index in [4.69, 9.17) is 5.11 Å². The predicted molar refractivity (Wildman–Crippen MR) is 67.8 cm³/mol. The lowest BCUT2D eigenvalue weighted by Gasteiger charge is -2.24. The average Bonchev–Trinajstić information content (AvgIpc) is 3.23. The molecule has 3 nitrogen and oxygen atoms in total. The Balaban J connectivity index is 1.73. The molecule has 2 saturated carbocycles. The van der Waals surface area contributed by atoms with Crippen molar-refractivity contribution in [1.29, 1.82) is 0 Å². The molecule has 0 bridgehead atoms. The van der Waals surface area contributed by atoms with Crippen LogP contribution in [0.25, 0.3) is 0 Å². The van der Waals surface area contributed by atoms with Crippen molar-refractivity contribution in [2.75, 3.05) is 18.0 Å². The molecule has 0 amide bonds. The van der Waals surface area contributed by atoms with E-state index < -0.39 is 0 Å². The molecule has 0 aromatic carbocycles. The number of hydrogen-bond acceptors (Lipinski definition) is 3. The van der Waals surface area contributed by atoms with E-state index >= 15 is 0 Å². The van der Waals surface area contributed by atoms with Crippen LogP contribution in [0.1, 0.15) is 31.4 Å². The largest absolute Gasteiger partial charge is 0.390 e. The molecular formula is C14H20N2O. The normalized spacial score (nSPS) is 19.4. The molecule has 0 aliphatic heterocycles. The molecule has 0 radical (unpaired) electrons. The smallest absolute Gasteiger partial charge is 0.128 e. The fourth-order valence-electron chi connectivity index (χ4n) is 2.22. The third-order valence-corrected chi connectivity index (χ3v) is 3.63. The summed E-state index contributed by atoms with van der Waals surface area (Å²) in [6, 6.07) is 5.96. The van der Waals surface area contributed by atoms with Crippen molar-refractivity contribution in [3.8, 4) is 0 Å². The quantitative estimate of drug-likeness (QED) is 0.817. The number of pyridine rings is 1. The lowest BCUT2D eigenvalue weighted by molar-refractivity contribution is 0.277. The van der Waals surface area contributed by atoms with Crippen LogP contribution in [0.2, 0.25) is 0 Å². The third kappa shape index (κ3) is 2.97. The van der Waals surface area contributed by atoms with Gasteiger partial charge >= 0.3 is 0 Å². The molecule has 1 aromatic rings. The van der Waals surface area contributed by atoms with Crippen molar-refractivity contribution < 1.29 is 5.11 Å². The van der Waals surface area contributed by atoms with Crippen LogP contribution in [0.4, 0.5) is 5.82 Å². The summed E-state index contributed by atoms with van der Waals surface area (Å²) in [6.07, 6.45) is 5.50. The maximum atomic E-state index is 9.15. The van der Waals surface area contributed by atoms with Crippen LogP contribution < -0.4 is 4.90 Å². The van der Waals surface area contributed by atoms with E-state index in [-0.39, 0.29) is 6.61 Å². The maximum Gasteiger partial charge on any atom is 0.128 e. The SMILES string of the molecule is OCc1cccc(N(CC2CC2)CC2CC2)n1. The highest BCUT2D eigenvalue weighted by Gasteiger charge is 2.29. The fraction of sp³-hybridized carbons (Fsp3) is 0.643. The first-order valence-corrected chi connectivity index (χ1v) is 6.67. The third-order valence-electron chi connectivity index (χ3n) is 3.63. The average molecular weight is 232 g/mol. The van der Waals surface area contributed by atoms with E-state index in [1.807, 2.05) is 12.1 Å². The minimum Gasteiger partial charge on any atom is -0.390 e. The highest BCUT2D eigenvalue weighted by atomic mass is 16.3. The van der Waals surface area contributed by atoms with Crippen molar-refractivity contribution in [2.45, 2.75) is 32.3 Å². The van der Waals surface area contributed by atoms with Gasteiger partial charge in [0.15, 0.2) is 0 Å². The van der Waals surface area contributed by atoms with Crippen molar-refractivity contribution in [3.63, 3.8) is 0 Å². The Morgan fingerprint density at radius 3 is 2.29 bits per heavy atom. The van der Waals surface area contributed by atoms with Gasteiger partial charge in [-0.2, -0.15) is 0 Å². The zero-order valence-corrected chi connectivity index (χ0v) is 10.2. The Bertz CT molecular complexity index is 372. The van der Waals surface area contributed by atoms with E-state index in [2.05, 4.69) is 16.0 Å².